The van der Waals surface area contributed by atoms with Crippen LogP contribution in [0.3, 0.4) is 0 Å². The van der Waals surface area contributed by atoms with Gasteiger partial charge in [0.15, 0.2) is 0 Å². The SMILES string of the molecule is CC1(C(=O)N2CC(O)C2)CCCC1. The van der Waals surface area contributed by atoms with E-state index in [-0.39, 0.29) is 17.4 Å². The first kappa shape index (κ1) is 9.00. The van der Waals surface area contributed by atoms with E-state index in [1.807, 2.05) is 0 Å². The molecule has 0 aromatic rings. The minimum Gasteiger partial charge on any atom is -0.389 e. The number of rotatable bonds is 1. The highest BCUT2D eigenvalue weighted by atomic mass is 16.3. The highest BCUT2D eigenvalue weighted by Gasteiger charge is 2.42. The van der Waals surface area contributed by atoms with Crippen LogP contribution in [0.5, 0.6) is 0 Å². The maximum atomic E-state index is 11.9. The fourth-order valence-electron chi connectivity index (χ4n) is 2.37. The van der Waals surface area contributed by atoms with Crippen LogP contribution in [0.1, 0.15) is 32.6 Å². The average molecular weight is 183 g/mol. The van der Waals surface area contributed by atoms with Crippen molar-refractivity contribution in [2.24, 2.45) is 5.41 Å². The average Bonchev–Trinajstić information content (AvgIpc) is 2.46. The number of β-amino-alcohol motifs (C(OH)–C–C–N with tert-alkyl or cyclic N) is 1. The number of hydrogen-bond acceptors (Lipinski definition) is 2. The van der Waals surface area contributed by atoms with Crippen molar-refractivity contribution in [2.75, 3.05) is 13.1 Å². The van der Waals surface area contributed by atoms with E-state index in [2.05, 4.69) is 6.92 Å². The zero-order chi connectivity index (χ0) is 9.47. The molecule has 0 aromatic carbocycles. The van der Waals surface area contributed by atoms with Gasteiger partial charge in [-0.25, -0.2) is 0 Å². The Labute approximate surface area is 78.7 Å². The largest absolute Gasteiger partial charge is 0.389 e. The van der Waals surface area contributed by atoms with Gasteiger partial charge in [-0.05, 0) is 12.8 Å². The Bertz CT molecular complexity index is 215. The number of aliphatic hydroxyl groups excluding tert-OH is 1. The molecule has 2 aliphatic rings. The Morgan fingerprint density at radius 2 is 1.92 bits per heavy atom. The lowest BCUT2D eigenvalue weighted by Gasteiger charge is -2.40. The van der Waals surface area contributed by atoms with E-state index in [0.29, 0.717) is 13.1 Å². The van der Waals surface area contributed by atoms with Crippen molar-refractivity contribution in [1.82, 2.24) is 4.90 Å². The van der Waals surface area contributed by atoms with Gasteiger partial charge in [0.2, 0.25) is 5.91 Å². The second-order valence-corrected chi connectivity index (χ2v) is 4.63. The molecule has 3 nitrogen and oxygen atoms in total. The number of nitrogens with zero attached hydrogens (tertiary/aromatic N) is 1. The van der Waals surface area contributed by atoms with Crippen LogP contribution in [0.2, 0.25) is 0 Å². The summed E-state index contributed by atoms with van der Waals surface area (Å²) in [5, 5.41) is 9.10. The van der Waals surface area contributed by atoms with Crippen LogP contribution >= 0.6 is 0 Å². The maximum absolute atomic E-state index is 11.9. The summed E-state index contributed by atoms with van der Waals surface area (Å²) in [4.78, 5) is 13.7. The van der Waals surface area contributed by atoms with Gasteiger partial charge in [0.05, 0.1) is 6.10 Å². The fraction of sp³-hybridized carbons (Fsp3) is 0.900. The number of carbonyl (C=O) groups is 1. The molecule has 1 N–H and O–H groups in total. The molecule has 0 bridgehead atoms. The predicted molar refractivity (Wildman–Crippen MR) is 49.2 cm³/mol. The fourth-order valence-corrected chi connectivity index (χ4v) is 2.37. The minimum atomic E-state index is -0.269. The van der Waals surface area contributed by atoms with Crippen molar-refractivity contribution in [2.45, 2.75) is 38.7 Å². The van der Waals surface area contributed by atoms with Gasteiger partial charge in [0, 0.05) is 18.5 Å². The molecule has 0 atom stereocenters. The molecule has 0 unspecified atom stereocenters. The molecule has 74 valence electrons. The summed E-state index contributed by atoms with van der Waals surface area (Å²) in [6, 6.07) is 0. The molecule has 2 fully saturated rings. The summed E-state index contributed by atoms with van der Waals surface area (Å²) in [5.74, 6) is 0.260. The third-order valence-corrected chi connectivity index (χ3v) is 3.37. The number of hydrogen-bond donors (Lipinski definition) is 1. The first-order valence-corrected chi connectivity index (χ1v) is 5.09. The lowest BCUT2D eigenvalue weighted by atomic mass is 9.86. The molecule has 1 aliphatic heterocycles. The van der Waals surface area contributed by atoms with Crippen LogP contribution in [0.15, 0.2) is 0 Å². The molecule has 0 aromatic heterocycles. The van der Waals surface area contributed by atoms with Crippen LogP contribution < -0.4 is 0 Å². The monoisotopic (exact) mass is 183 g/mol. The Kier molecular flexibility index (Phi) is 2.06. The second-order valence-electron chi connectivity index (χ2n) is 4.63. The van der Waals surface area contributed by atoms with Gasteiger partial charge < -0.3 is 10.0 Å². The number of likely N-dealkylation sites (tertiary alicyclic amines) is 1. The van der Waals surface area contributed by atoms with Crippen molar-refractivity contribution in [3.05, 3.63) is 0 Å². The van der Waals surface area contributed by atoms with Gasteiger partial charge in [-0.1, -0.05) is 19.8 Å². The Morgan fingerprint density at radius 1 is 1.38 bits per heavy atom. The van der Waals surface area contributed by atoms with E-state index < -0.39 is 0 Å². The molecule has 1 heterocycles. The molecule has 1 saturated heterocycles. The molecule has 2 rings (SSSR count). The standard InChI is InChI=1S/C10H17NO2/c1-10(4-2-3-5-10)9(13)11-6-8(12)7-11/h8,12H,2-7H2,1H3. The highest BCUT2D eigenvalue weighted by Crippen LogP contribution is 2.39. The predicted octanol–water partition coefficient (Wildman–Crippen LogP) is 0.770. The van der Waals surface area contributed by atoms with Gasteiger partial charge in [0.25, 0.3) is 0 Å². The van der Waals surface area contributed by atoms with Crippen molar-refractivity contribution in [3.63, 3.8) is 0 Å². The van der Waals surface area contributed by atoms with Crippen molar-refractivity contribution >= 4 is 5.91 Å². The molecule has 13 heavy (non-hydrogen) atoms. The topological polar surface area (TPSA) is 40.5 Å². The van der Waals surface area contributed by atoms with Gasteiger partial charge in [-0.2, -0.15) is 0 Å². The van der Waals surface area contributed by atoms with Crippen LogP contribution in [0.4, 0.5) is 0 Å². The summed E-state index contributed by atoms with van der Waals surface area (Å²) in [6.07, 6.45) is 4.14. The highest BCUT2D eigenvalue weighted by molar-refractivity contribution is 5.83. The van der Waals surface area contributed by atoms with Crippen LogP contribution in [-0.2, 0) is 4.79 Å². The lowest BCUT2D eigenvalue weighted by Crippen LogP contribution is -2.57. The molecule has 1 amide bonds. The first-order valence-electron chi connectivity index (χ1n) is 5.09. The second kappa shape index (κ2) is 2.98. The maximum Gasteiger partial charge on any atom is 0.228 e. The van der Waals surface area contributed by atoms with Crippen LogP contribution in [0.25, 0.3) is 0 Å². The Morgan fingerprint density at radius 3 is 2.38 bits per heavy atom. The quantitative estimate of drug-likeness (QED) is 0.652. The first-order chi connectivity index (χ1) is 6.12. The van der Waals surface area contributed by atoms with Gasteiger partial charge in [-0.3, -0.25) is 4.79 Å². The van der Waals surface area contributed by atoms with Gasteiger partial charge in [-0.15, -0.1) is 0 Å². The summed E-state index contributed by atoms with van der Waals surface area (Å²) in [6.45, 7) is 3.16. The number of aliphatic hydroxyl groups is 1. The molecule has 1 aliphatic carbocycles. The van der Waals surface area contributed by atoms with Crippen molar-refractivity contribution in [1.29, 1.82) is 0 Å². The van der Waals surface area contributed by atoms with Crippen LogP contribution in [0, 0.1) is 5.41 Å². The third-order valence-electron chi connectivity index (χ3n) is 3.37. The van der Waals surface area contributed by atoms with E-state index in [9.17, 15) is 4.79 Å². The molecule has 1 saturated carbocycles. The van der Waals surface area contributed by atoms with Gasteiger partial charge in [0.1, 0.15) is 0 Å². The summed E-state index contributed by atoms with van der Waals surface area (Å²) in [7, 11) is 0. The third kappa shape index (κ3) is 1.46. The number of amides is 1. The van der Waals surface area contributed by atoms with Crippen LogP contribution in [-0.4, -0.2) is 35.1 Å². The molecule has 0 spiro atoms. The molecule has 0 radical (unpaired) electrons. The smallest absolute Gasteiger partial charge is 0.228 e. The normalized spacial score (nSPS) is 27.4. The van der Waals surface area contributed by atoms with E-state index in [1.165, 1.54) is 12.8 Å². The van der Waals surface area contributed by atoms with Gasteiger partial charge >= 0.3 is 0 Å². The number of carbonyl (C=O) groups excluding carboxylic acids is 1. The Balaban J connectivity index is 1.96. The summed E-state index contributed by atoms with van der Waals surface area (Å²) in [5.41, 5.74) is -0.111. The lowest BCUT2D eigenvalue weighted by molar-refractivity contribution is -0.151. The van der Waals surface area contributed by atoms with E-state index in [1.54, 1.807) is 4.90 Å². The summed E-state index contributed by atoms with van der Waals surface area (Å²) < 4.78 is 0. The molecule has 3 heteroatoms. The zero-order valence-electron chi connectivity index (χ0n) is 8.12. The molecular weight excluding hydrogens is 166 g/mol. The van der Waals surface area contributed by atoms with E-state index in [0.717, 1.165) is 12.8 Å². The van der Waals surface area contributed by atoms with E-state index >= 15 is 0 Å². The van der Waals surface area contributed by atoms with Crippen molar-refractivity contribution in [3.8, 4) is 0 Å². The summed E-state index contributed by atoms with van der Waals surface area (Å²) >= 11 is 0. The van der Waals surface area contributed by atoms with E-state index in [4.69, 9.17) is 5.11 Å². The minimum absolute atomic E-state index is 0.111. The zero-order valence-corrected chi connectivity index (χ0v) is 8.12. The molecular formula is C10H17NO2. The Hall–Kier alpha value is -0.570. The van der Waals surface area contributed by atoms with Crippen molar-refractivity contribution < 1.29 is 9.90 Å².